The average molecular weight is 249 g/mol. The number of nitrogens with zero attached hydrogens (tertiary/aromatic N) is 3. The number of aryl methyl sites for hydroxylation is 1. The van der Waals surface area contributed by atoms with Gasteiger partial charge < -0.3 is 9.42 Å². The third kappa shape index (κ3) is 2.13. The Morgan fingerprint density at radius 3 is 2.72 bits per heavy atom. The van der Waals surface area contributed by atoms with Gasteiger partial charge in [-0.3, -0.25) is 4.79 Å². The van der Waals surface area contributed by atoms with Crippen LogP contribution in [-0.2, 0) is 4.79 Å². The lowest BCUT2D eigenvalue weighted by Crippen LogP contribution is -2.44. The number of amides is 1. The van der Waals surface area contributed by atoms with Crippen LogP contribution >= 0.6 is 0 Å². The van der Waals surface area contributed by atoms with Gasteiger partial charge in [-0.2, -0.15) is 4.98 Å². The normalized spacial score (nSPS) is 25.9. The van der Waals surface area contributed by atoms with Crippen molar-refractivity contribution in [2.45, 2.75) is 57.4 Å². The third-order valence-corrected chi connectivity index (χ3v) is 4.10. The summed E-state index contributed by atoms with van der Waals surface area (Å²) >= 11 is 0. The maximum Gasteiger partial charge on any atom is 0.231 e. The highest BCUT2D eigenvalue weighted by atomic mass is 16.5. The maximum atomic E-state index is 12.0. The first-order valence-electron chi connectivity index (χ1n) is 6.83. The van der Waals surface area contributed by atoms with Gasteiger partial charge in [0.05, 0.1) is 5.92 Å². The largest absolute Gasteiger partial charge is 0.339 e. The van der Waals surface area contributed by atoms with E-state index >= 15 is 0 Å². The van der Waals surface area contributed by atoms with E-state index in [-0.39, 0.29) is 5.92 Å². The predicted molar refractivity (Wildman–Crippen MR) is 65.0 cm³/mol. The van der Waals surface area contributed by atoms with Crippen LogP contribution in [0.2, 0.25) is 0 Å². The van der Waals surface area contributed by atoms with Crippen molar-refractivity contribution in [3.05, 3.63) is 11.7 Å². The molecule has 0 spiro atoms. The molecule has 0 radical (unpaired) electrons. The van der Waals surface area contributed by atoms with E-state index in [1.165, 1.54) is 12.8 Å². The summed E-state index contributed by atoms with van der Waals surface area (Å²) in [5.74, 6) is 1.90. The Balaban J connectivity index is 1.73. The number of hydrogen-bond acceptors (Lipinski definition) is 4. The Kier molecular flexibility index (Phi) is 3.06. The van der Waals surface area contributed by atoms with Crippen molar-refractivity contribution in [3.8, 4) is 0 Å². The van der Waals surface area contributed by atoms with Crippen LogP contribution in [-0.4, -0.2) is 33.5 Å². The van der Waals surface area contributed by atoms with E-state index in [1.807, 2.05) is 6.92 Å². The van der Waals surface area contributed by atoms with Gasteiger partial charge in [0.25, 0.3) is 0 Å². The summed E-state index contributed by atoms with van der Waals surface area (Å²) in [5, 5.41) is 3.84. The van der Waals surface area contributed by atoms with Gasteiger partial charge in [-0.05, 0) is 26.2 Å². The molecule has 1 aromatic rings. The summed E-state index contributed by atoms with van der Waals surface area (Å²) in [4.78, 5) is 18.4. The van der Waals surface area contributed by atoms with E-state index in [9.17, 15) is 4.79 Å². The lowest BCUT2D eigenvalue weighted by molar-refractivity contribution is -0.136. The van der Waals surface area contributed by atoms with Crippen molar-refractivity contribution in [2.24, 2.45) is 0 Å². The summed E-state index contributed by atoms with van der Waals surface area (Å²) in [7, 11) is 0. The Morgan fingerprint density at radius 1 is 1.28 bits per heavy atom. The quantitative estimate of drug-likeness (QED) is 0.804. The average Bonchev–Trinajstić information content (AvgIpc) is 3.01. The highest BCUT2D eigenvalue weighted by Gasteiger charge is 2.34. The van der Waals surface area contributed by atoms with Crippen LogP contribution in [0.3, 0.4) is 0 Å². The van der Waals surface area contributed by atoms with Gasteiger partial charge in [-0.1, -0.05) is 18.0 Å². The molecule has 18 heavy (non-hydrogen) atoms. The van der Waals surface area contributed by atoms with Crippen LogP contribution in [0.4, 0.5) is 0 Å². The molecule has 0 bridgehead atoms. The molecule has 1 aromatic heterocycles. The minimum Gasteiger partial charge on any atom is -0.339 e. The van der Waals surface area contributed by atoms with Crippen LogP contribution in [0, 0.1) is 6.92 Å². The lowest BCUT2D eigenvalue weighted by Gasteiger charge is -2.35. The van der Waals surface area contributed by atoms with Gasteiger partial charge >= 0.3 is 0 Å². The van der Waals surface area contributed by atoms with E-state index in [1.54, 1.807) is 0 Å². The van der Waals surface area contributed by atoms with E-state index < -0.39 is 0 Å². The summed E-state index contributed by atoms with van der Waals surface area (Å²) in [6, 6.07) is 0.448. The van der Waals surface area contributed by atoms with Crippen LogP contribution in [0.15, 0.2) is 4.52 Å². The number of piperidine rings is 1. The summed E-state index contributed by atoms with van der Waals surface area (Å²) in [6.07, 6.45) is 6.26. The third-order valence-electron chi connectivity index (χ3n) is 4.10. The molecule has 5 nitrogen and oxygen atoms in total. The Bertz CT molecular complexity index is 437. The van der Waals surface area contributed by atoms with E-state index in [4.69, 9.17) is 4.52 Å². The predicted octanol–water partition coefficient (Wildman–Crippen LogP) is 2.03. The number of likely N-dealkylation sites (tertiary alicyclic amines) is 1. The Hall–Kier alpha value is -1.39. The molecule has 0 unspecified atom stereocenters. The van der Waals surface area contributed by atoms with Gasteiger partial charge in [-0.25, -0.2) is 0 Å². The topological polar surface area (TPSA) is 59.2 Å². The molecule has 1 saturated carbocycles. The second-order valence-electron chi connectivity index (χ2n) is 5.40. The molecule has 3 rings (SSSR count). The highest BCUT2D eigenvalue weighted by Crippen LogP contribution is 2.32. The van der Waals surface area contributed by atoms with Gasteiger partial charge in [0, 0.05) is 19.0 Å². The van der Waals surface area contributed by atoms with Crippen molar-refractivity contribution >= 4 is 5.91 Å². The lowest BCUT2D eigenvalue weighted by atomic mass is 9.95. The van der Waals surface area contributed by atoms with Crippen LogP contribution < -0.4 is 0 Å². The molecule has 1 saturated heterocycles. The van der Waals surface area contributed by atoms with Crippen molar-refractivity contribution < 1.29 is 9.32 Å². The SMILES string of the molecule is Cc1noc([C@@H]2CCC(=O)N(C3CCCC3)C2)n1. The molecule has 2 aliphatic rings. The molecule has 98 valence electrons. The highest BCUT2D eigenvalue weighted by molar-refractivity contribution is 5.77. The Labute approximate surface area is 107 Å². The minimum atomic E-state index is 0.226. The van der Waals surface area contributed by atoms with Gasteiger partial charge in [0.2, 0.25) is 11.8 Å². The molecular weight excluding hydrogens is 230 g/mol. The number of aromatic nitrogens is 2. The molecule has 2 heterocycles. The molecule has 0 aromatic carbocycles. The van der Waals surface area contributed by atoms with Crippen LogP contribution in [0.25, 0.3) is 0 Å². The fraction of sp³-hybridized carbons (Fsp3) is 0.769. The van der Waals surface area contributed by atoms with E-state index in [2.05, 4.69) is 15.0 Å². The van der Waals surface area contributed by atoms with Gasteiger partial charge in [0.1, 0.15) is 0 Å². The fourth-order valence-corrected chi connectivity index (χ4v) is 3.12. The maximum absolute atomic E-state index is 12.0. The molecule has 1 aliphatic carbocycles. The molecule has 1 atom stereocenters. The van der Waals surface area contributed by atoms with Crippen LogP contribution in [0.5, 0.6) is 0 Å². The van der Waals surface area contributed by atoms with Gasteiger partial charge in [0.15, 0.2) is 5.82 Å². The van der Waals surface area contributed by atoms with E-state index in [0.717, 1.165) is 25.8 Å². The van der Waals surface area contributed by atoms with E-state index in [0.29, 0.717) is 30.1 Å². The first-order chi connectivity index (χ1) is 8.74. The number of hydrogen-bond donors (Lipinski definition) is 0. The molecule has 1 amide bonds. The van der Waals surface area contributed by atoms with Crippen molar-refractivity contribution in [3.63, 3.8) is 0 Å². The van der Waals surface area contributed by atoms with Crippen molar-refractivity contribution in [2.75, 3.05) is 6.54 Å². The number of rotatable bonds is 2. The molecule has 2 fully saturated rings. The zero-order valence-electron chi connectivity index (χ0n) is 10.8. The second-order valence-corrected chi connectivity index (χ2v) is 5.40. The minimum absolute atomic E-state index is 0.226. The zero-order valence-corrected chi connectivity index (χ0v) is 10.8. The second kappa shape index (κ2) is 4.71. The zero-order chi connectivity index (χ0) is 12.5. The molecular formula is C13H19N3O2. The summed E-state index contributed by atoms with van der Waals surface area (Å²) in [5.41, 5.74) is 0. The van der Waals surface area contributed by atoms with Gasteiger partial charge in [-0.15, -0.1) is 0 Å². The molecule has 1 aliphatic heterocycles. The smallest absolute Gasteiger partial charge is 0.231 e. The Morgan fingerprint density at radius 2 is 2.06 bits per heavy atom. The molecule has 5 heteroatoms. The standard InChI is InChI=1S/C13H19N3O2/c1-9-14-13(18-15-9)10-6-7-12(17)16(8-10)11-4-2-3-5-11/h10-11H,2-8H2,1H3/t10-/m1/s1. The first-order valence-corrected chi connectivity index (χ1v) is 6.83. The number of carbonyl (C=O) groups excluding carboxylic acids is 1. The fourth-order valence-electron chi connectivity index (χ4n) is 3.12. The van der Waals surface area contributed by atoms with Crippen LogP contribution in [0.1, 0.15) is 56.2 Å². The first kappa shape index (κ1) is 11.7. The molecule has 0 N–H and O–H groups in total. The van der Waals surface area contributed by atoms with Crippen molar-refractivity contribution in [1.82, 2.24) is 15.0 Å². The monoisotopic (exact) mass is 249 g/mol. The summed E-state index contributed by atoms with van der Waals surface area (Å²) < 4.78 is 5.25. The number of carbonyl (C=O) groups is 1. The van der Waals surface area contributed by atoms with Crippen molar-refractivity contribution in [1.29, 1.82) is 0 Å². The summed E-state index contributed by atoms with van der Waals surface area (Å²) in [6.45, 7) is 2.58.